The fourth-order valence-corrected chi connectivity index (χ4v) is 2.84. The van der Waals surface area contributed by atoms with Gasteiger partial charge in [-0.15, -0.1) is 24.0 Å². The Kier molecular flexibility index (Phi) is 10.6. The Morgan fingerprint density at radius 3 is 2.42 bits per heavy atom. The Morgan fingerprint density at radius 1 is 0.935 bits per heavy atom. The highest BCUT2D eigenvalue weighted by molar-refractivity contribution is 14.0. The molecule has 0 atom stereocenters. The lowest BCUT2D eigenvalue weighted by molar-refractivity contribution is 0.290. The predicted molar refractivity (Wildman–Crippen MR) is 135 cm³/mol. The molecule has 0 spiro atoms. The number of nitrogens with one attached hydrogen (secondary N) is 2. The lowest BCUT2D eigenvalue weighted by Gasteiger charge is -2.14. The van der Waals surface area contributed by atoms with Crippen LogP contribution >= 0.6 is 24.0 Å². The summed E-state index contributed by atoms with van der Waals surface area (Å²) >= 11 is 0. The molecular weight excluding hydrogens is 503 g/mol. The van der Waals surface area contributed by atoms with Crippen LogP contribution in [0.1, 0.15) is 23.6 Å². The Labute approximate surface area is 201 Å². The molecule has 3 rings (SSSR count). The number of rotatable bonds is 9. The summed E-state index contributed by atoms with van der Waals surface area (Å²) in [6.07, 6.45) is 1.74. The Balaban J connectivity index is 0.00000341. The molecule has 6 nitrogen and oxygen atoms in total. The van der Waals surface area contributed by atoms with E-state index in [1.54, 1.807) is 13.3 Å². The largest absolute Gasteiger partial charge is 0.497 e. The number of hydrogen-bond acceptors (Lipinski definition) is 4. The van der Waals surface area contributed by atoms with Crippen LogP contribution in [-0.2, 0) is 19.7 Å². The highest BCUT2D eigenvalue weighted by atomic mass is 127. The van der Waals surface area contributed by atoms with Crippen LogP contribution in [0.5, 0.6) is 11.6 Å². The van der Waals surface area contributed by atoms with E-state index in [-0.39, 0.29) is 24.0 Å². The van der Waals surface area contributed by atoms with E-state index in [0.29, 0.717) is 25.6 Å². The highest BCUT2D eigenvalue weighted by Gasteiger charge is 2.07. The molecule has 164 valence electrons. The van der Waals surface area contributed by atoms with Gasteiger partial charge in [-0.1, -0.05) is 48.5 Å². The summed E-state index contributed by atoms with van der Waals surface area (Å²) in [6.45, 7) is 4.44. The van der Waals surface area contributed by atoms with Crippen LogP contribution in [0.3, 0.4) is 0 Å². The maximum Gasteiger partial charge on any atom is 0.218 e. The normalized spacial score (nSPS) is 10.7. The minimum absolute atomic E-state index is 0. The number of halogens is 1. The van der Waals surface area contributed by atoms with Crippen molar-refractivity contribution in [3.8, 4) is 11.6 Å². The SMILES string of the molecule is CCNC(=NCc1ccc(OC)cc1)NCc1cccnc1OCc1ccccc1.I. The van der Waals surface area contributed by atoms with Gasteiger partial charge in [-0.3, -0.25) is 0 Å². The van der Waals surface area contributed by atoms with Crippen molar-refractivity contribution in [3.05, 3.63) is 89.6 Å². The molecular formula is C24H29IN4O2. The molecule has 2 aromatic carbocycles. The van der Waals surface area contributed by atoms with E-state index < -0.39 is 0 Å². The summed E-state index contributed by atoms with van der Waals surface area (Å²) in [5.74, 6) is 2.21. The number of methoxy groups -OCH3 is 1. The van der Waals surface area contributed by atoms with E-state index in [9.17, 15) is 0 Å². The first-order valence-electron chi connectivity index (χ1n) is 10.0. The van der Waals surface area contributed by atoms with Gasteiger partial charge in [0.2, 0.25) is 5.88 Å². The molecule has 0 aliphatic heterocycles. The third kappa shape index (κ3) is 8.09. The molecule has 0 aliphatic carbocycles. The van der Waals surface area contributed by atoms with Crippen LogP contribution in [0.25, 0.3) is 0 Å². The minimum Gasteiger partial charge on any atom is -0.497 e. The third-order valence-electron chi connectivity index (χ3n) is 4.44. The minimum atomic E-state index is 0. The summed E-state index contributed by atoms with van der Waals surface area (Å²) in [5, 5.41) is 6.64. The predicted octanol–water partition coefficient (Wildman–Crippen LogP) is 4.54. The van der Waals surface area contributed by atoms with Gasteiger partial charge in [-0.2, -0.15) is 0 Å². The summed E-state index contributed by atoms with van der Waals surface area (Å²) in [5.41, 5.74) is 3.20. The topological polar surface area (TPSA) is 67.8 Å². The van der Waals surface area contributed by atoms with Crippen LogP contribution in [-0.4, -0.2) is 24.6 Å². The third-order valence-corrected chi connectivity index (χ3v) is 4.44. The lowest BCUT2D eigenvalue weighted by Crippen LogP contribution is -2.36. The van der Waals surface area contributed by atoms with Crippen molar-refractivity contribution in [2.45, 2.75) is 26.6 Å². The van der Waals surface area contributed by atoms with Crippen LogP contribution in [0, 0.1) is 0 Å². The van der Waals surface area contributed by atoms with E-state index in [1.807, 2.05) is 73.7 Å². The molecule has 7 heteroatoms. The first-order valence-corrected chi connectivity index (χ1v) is 10.0. The quantitative estimate of drug-likeness (QED) is 0.241. The number of ether oxygens (including phenoxy) is 2. The first kappa shape index (κ1) is 24.5. The van der Waals surface area contributed by atoms with Gasteiger partial charge >= 0.3 is 0 Å². The van der Waals surface area contributed by atoms with Crippen LogP contribution in [0.4, 0.5) is 0 Å². The molecule has 0 bridgehead atoms. The zero-order valence-corrected chi connectivity index (χ0v) is 20.2. The van der Waals surface area contributed by atoms with Crippen molar-refractivity contribution in [1.29, 1.82) is 0 Å². The molecule has 1 aromatic heterocycles. The molecule has 0 saturated carbocycles. The molecule has 0 fully saturated rings. The van der Waals surface area contributed by atoms with Crippen molar-refractivity contribution < 1.29 is 9.47 Å². The maximum atomic E-state index is 5.94. The molecule has 0 unspecified atom stereocenters. The summed E-state index contributed by atoms with van der Waals surface area (Å²) in [7, 11) is 1.66. The van der Waals surface area contributed by atoms with Gasteiger partial charge in [-0.05, 0) is 36.2 Å². The fraction of sp³-hybridized carbons (Fsp3) is 0.250. The number of guanidine groups is 1. The molecule has 0 aliphatic rings. The number of benzene rings is 2. The van der Waals surface area contributed by atoms with Gasteiger partial charge in [0, 0.05) is 24.8 Å². The number of pyridine rings is 1. The lowest BCUT2D eigenvalue weighted by atomic mass is 10.2. The molecule has 1 heterocycles. The van der Waals surface area contributed by atoms with Gasteiger partial charge in [0.1, 0.15) is 12.4 Å². The smallest absolute Gasteiger partial charge is 0.218 e. The molecule has 3 aromatic rings. The van der Waals surface area contributed by atoms with E-state index in [1.165, 1.54) is 0 Å². The van der Waals surface area contributed by atoms with Crippen LogP contribution in [0.15, 0.2) is 77.9 Å². The molecule has 0 amide bonds. The second-order valence-corrected chi connectivity index (χ2v) is 6.64. The first-order chi connectivity index (χ1) is 14.8. The van der Waals surface area contributed by atoms with Gasteiger partial charge in [0.05, 0.1) is 13.7 Å². The summed E-state index contributed by atoms with van der Waals surface area (Å²) in [4.78, 5) is 9.06. The second-order valence-electron chi connectivity index (χ2n) is 6.64. The standard InChI is InChI=1S/C24H28N4O2.HI/c1-3-25-24(27-16-19-11-13-22(29-2)14-12-19)28-17-21-10-7-15-26-23(21)30-18-20-8-5-4-6-9-20;/h4-15H,3,16-18H2,1-2H3,(H2,25,27,28);1H. The van der Waals surface area contributed by atoms with Gasteiger partial charge in [0.15, 0.2) is 5.96 Å². The average Bonchev–Trinajstić information content (AvgIpc) is 2.81. The van der Waals surface area contributed by atoms with Crippen molar-refractivity contribution in [2.24, 2.45) is 4.99 Å². The van der Waals surface area contributed by atoms with E-state index >= 15 is 0 Å². The van der Waals surface area contributed by atoms with Gasteiger partial charge in [-0.25, -0.2) is 9.98 Å². The van der Waals surface area contributed by atoms with E-state index in [0.717, 1.165) is 34.9 Å². The zero-order valence-electron chi connectivity index (χ0n) is 17.9. The highest BCUT2D eigenvalue weighted by Crippen LogP contribution is 2.16. The summed E-state index contributed by atoms with van der Waals surface area (Å²) < 4.78 is 11.1. The van der Waals surface area contributed by atoms with Crippen molar-refractivity contribution in [3.63, 3.8) is 0 Å². The summed E-state index contributed by atoms with van der Waals surface area (Å²) in [6, 6.07) is 21.9. The van der Waals surface area contributed by atoms with E-state index in [4.69, 9.17) is 9.47 Å². The number of aromatic nitrogens is 1. The number of aliphatic imine (C=N–C) groups is 1. The van der Waals surface area contributed by atoms with Gasteiger partial charge < -0.3 is 20.1 Å². The molecule has 31 heavy (non-hydrogen) atoms. The average molecular weight is 532 g/mol. The van der Waals surface area contributed by atoms with Crippen LogP contribution in [0.2, 0.25) is 0 Å². The van der Waals surface area contributed by atoms with Crippen molar-refractivity contribution in [2.75, 3.05) is 13.7 Å². The fourth-order valence-electron chi connectivity index (χ4n) is 2.84. The van der Waals surface area contributed by atoms with Crippen LogP contribution < -0.4 is 20.1 Å². The zero-order chi connectivity index (χ0) is 21.0. The molecule has 2 N–H and O–H groups in total. The maximum absolute atomic E-state index is 5.94. The monoisotopic (exact) mass is 532 g/mol. The molecule has 0 saturated heterocycles. The number of nitrogens with zero attached hydrogens (tertiary/aromatic N) is 2. The Bertz CT molecular complexity index is 934. The Hall–Kier alpha value is -2.81. The van der Waals surface area contributed by atoms with Crippen molar-refractivity contribution in [1.82, 2.24) is 15.6 Å². The number of hydrogen-bond donors (Lipinski definition) is 2. The second kappa shape index (κ2) is 13.5. The van der Waals surface area contributed by atoms with Crippen molar-refractivity contribution >= 4 is 29.9 Å². The molecule has 0 radical (unpaired) electrons. The Morgan fingerprint density at radius 2 is 1.71 bits per heavy atom. The van der Waals surface area contributed by atoms with Gasteiger partial charge in [0.25, 0.3) is 0 Å². The van der Waals surface area contributed by atoms with E-state index in [2.05, 4.69) is 20.6 Å².